The summed E-state index contributed by atoms with van der Waals surface area (Å²) >= 11 is 0. The van der Waals surface area contributed by atoms with Gasteiger partial charge in [0.05, 0.1) is 21.5 Å². The first-order valence-corrected chi connectivity index (χ1v) is 9.00. The predicted octanol–water partition coefficient (Wildman–Crippen LogP) is 5.00. The molecule has 0 heterocycles. The van der Waals surface area contributed by atoms with Gasteiger partial charge in [-0.2, -0.15) is 0 Å². The summed E-state index contributed by atoms with van der Waals surface area (Å²) in [6, 6.07) is 21.3. The van der Waals surface area contributed by atoms with Crippen LogP contribution in [0.3, 0.4) is 0 Å². The minimum Gasteiger partial charge on any atom is -0.485 e. The van der Waals surface area contributed by atoms with Crippen molar-refractivity contribution in [3.8, 4) is 11.5 Å². The Hall–Kier alpha value is -4.20. The SMILES string of the molecule is O=[N+]([O-])C=Cc1cc(OCc2ccccc2)c(OCc2ccccc2)cc1[N+](=O)[O-]. The summed E-state index contributed by atoms with van der Waals surface area (Å²) < 4.78 is 11.6. The molecule has 0 atom stereocenters. The number of hydrogen-bond donors (Lipinski definition) is 0. The van der Waals surface area contributed by atoms with Gasteiger partial charge >= 0.3 is 0 Å². The number of nitro groups is 2. The van der Waals surface area contributed by atoms with Crippen molar-refractivity contribution in [2.45, 2.75) is 13.2 Å². The highest BCUT2D eigenvalue weighted by atomic mass is 16.6. The van der Waals surface area contributed by atoms with Crippen molar-refractivity contribution in [1.29, 1.82) is 0 Å². The number of ether oxygens (including phenoxy) is 2. The maximum absolute atomic E-state index is 11.5. The molecule has 30 heavy (non-hydrogen) atoms. The Morgan fingerprint density at radius 1 is 0.767 bits per heavy atom. The zero-order chi connectivity index (χ0) is 21.3. The van der Waals surface area contributed by atoms with Gasteiger partial charge in [0, 0.05) is 6.08 Å². The van der Waals surface area contributed by atoms with E-state index in [1.807, 2.05) is 60.7 Å². The van der Waals surface area contributed by atoms with E-state index in [0.717, 1.165) is 17.2 Å². The molecule has 0 aromatic heterocycles. The zero-order valence-electron chi connectivity index (χ0n) is 15.8. The highest BCUT2D eigenvalue weighted by molar-refractivity contribution is 5.66. The molecule has 3 aromatic carbocycles. The second-order valence-electron chi connectivity index (χ2n) is 6.26. The average molecular weight is 406 g/mol. The molecule has 0 spiro atoms. The second-order valence-corrected chi connectivity index (χ2v) is 6.26. The summed E-state index contributed by atoms with van der Waals surface area (Å²) in [7, 11) is 0. The van der Waals surface area contributed by atoms with Gasteiger partial charge in [0.2, 0.25) is 6.20 Å². The Kier molecular flexibility index (Phi) is 6.73. The Balaban J connectivity index is 1.94. The fourth-order valence-corrected chi connectivity index (χ4v) is 2.69. The van der Waals surface area contributed by atoms with E-state index >= 15 is 0 Å². The first-order chi connectivity index (χ1) is 14.5. The Bertz CT molecular complexity index is 1050. The van der Waals surface area contributed by atoms with Crippen LogP contribution in [0.15, 0.2) is 79.0 Å². The molecule has 3 aromatic rings. The van der Waals surface area contributed by atoms with Crippen LogP contribution in [0.2, 0.25) is 0 Å². The van der Waals surface area contributed by atoms with E-state index in [1.165, 1.54) is 12.1 Å². The lowest BCUT2D eigenvalue weighted by Gasteiger charge is -2.14. The second kappa shape index (κ2) is 9.83. The molecular weight excluding hydrogens is 388 g/mol. The summed E-state index contributed by atoms with van der Waals surface area (Å²) in [4.78, 5) is 20.9. The third-order valence-electron chi connectivity index (χ3n) is 4.14. The number of benzene rings is 3. The van der Waals surface area contributed by atoms with Crippen LogP contribution in [0.4, 0.5) is 5.69 Å². The van der Waals surface area contributed by atoms with Gasteiger partial charge in [-0.3, -0.25) is 20.2 Å². The number of rotatable bonds is 9. The van der Waals surface area contributed by atoms with Crippen molar-refractivity contribution in [3.05, 3.63) is 116 Å². The van der Waals surface area contributed by atoms with Gasteiger partial charge in [-0.1, -0.05) is 60.7 Å². The number of nitro benzene ring substituents is 1. The third kappa shape index (κ3) is 5.65. The van der Waals surface area contributed by atoms with E-state index in [1.54, 1.807) is 0 Å². The fraction of sp³-hybridized carbons (Fsp3) is 0.0909. The number of hydrogen-bond acceptors (Lipinski definition) is 6. The minimum absolute atomic E-state index is 0.0480. The fourth-order valence-electron chi connectivity index (χ4n) is 2.69. The van der Waals surface area contributed by atoms with Gasteiger partial charge in [0.25, 0.3) is 5.69 Å². The van der Waals surface area contributed by atoms with Gasteiger partial charge < -0.3 is 9.47 Å². The van der Waals surface area contributed by atoms with E-state index in [9.17, 15) is 20.2 Å². The molecule has 8 nitrogen and oxygen atoms in total. The molecule has 0 saturated heterocycles. The standard InChI is InChI=1S/C22H18N2O6/c25-23(26)12-11-19-13-21(29-15-17-7-3-1-4-8-17)22(14-20(19)24(27)28)30-16-18-9-5-2-6-10-18/h1-14H,15-16H2. The van der Waals surface area contributed by atoms with Crippen LogP contribution in [0.25, 0.3) is 6.08 Å². The molecule has 3 rings (SSSR count). The van der Waals surface area contributed by atoms with E-state index in [0.29, 0.717) is 6.20 Å². The molecule has 0 N–H and O–H groups in total. The monoisotopic (exact) mass is 406 g/mol. The molecule has 0 bridgehead atoms. The molecular formula is C22H18N2O6. The summed E-state index contributed by atoms with van der Waals surface area (Å²) in [5.41, 5.74) is 1.51. The quantitative estimate of drug-likeness (QED) is 0.366. The molecule has 0 saturated carbocycles. The predicted molar refractivity (Wildman–Crippen MR) is 111 cm³/mol. The molecule has 0 fully saturated rings. The summed E-state index contributed by atoms with van der Waals surface area (Å²) in [6.45, 7) is 0.391. The van der Waals surface area contributed by atoms with Crippen LogP contribution < -0.4 is 9.47 Å². The average Bonchev–Trinajstić information content (AvgIpc) is 2.76. The Morgan fingerprint density at radius 2 is 1.27 bits per heavy atom. The van der Waals surface area contributed by atoms with E-state index in [4.69, 9.17) is 9.47 Å². The van der Waals surface area contributed by atoms with Gasteiger partial charge in [0.15, 0.2) is 11.5 Å². The van der Waals surface area contributed by atoms with E-state index in [2.05, 4.69) is 0 Å². The first-order valence-electron chi connectivity index (χ1n) is 9.00. The van der Waals surface area contributed by atoms with Gasteiger partial charge in [-0.05, 0) is 17.2 Å². The minimum atomic E-state index is -0.686. The summed E-state index contributed by atoms with van der Waals surface area (Å²) in [6.07, 6.45) is 1.71. The summed E-state index contributed by atoms with van der Waals surface area (Å²) in [5, 5.41) is 22.2. The van der Waals surface area contributed by atoms with Crippen LogP contribution in [0.5, 0.6) is 11.5 Å². The normalized spacial score (nSPS) is 10.7. The topological polar surface area (TPSA) is 105 Å². The maximum Gasteiger partial charge on any atom is 0.280 e. The van der Waals surface area contributed by atoms with Crippen molar-refractivity contribution in [1.82, 2.24) is 0 Å². The largest absolute Gasteiger partial charge is 0.485 e. The smallest absolute Gasteiger partial charge is 0.280 e. The van der Waals surface area contributed by atoms with Crippen molar-refractivity contribution in [2.75, 3.05) is 0 Å². The van der Waals surface area contributed by atoms with Crippen LogP contribution in [-0.2, 0) is 13.2 Å². The van der Waals surface area contributed by atoms with Crippen molar-refractivity contribution in [2.24, 2.45) is 0 Å². The maximum atomic E-state index is 11.5. The van der Waals surface area contributed by atoms with Gasteiger partial charge in [-0.25, -0.2) is 0 Å². The van der Waals surface area contributed by atoms with Crippen molar-refractivity contribution >= 4 is 11.8 Å². The van der Waals surface area contributed by atoms with Crippen molar-refractivity contribution < 1.29 is 19.3 Å². The Morgan fingerprint density at radius 3 is 1.73 bits per heavy atom. The molecule has 0 aliphatic rings. The molecule has 152 valence electrons. The van der Waals surface area contributed by atoms with E-state index in [-0.39, 0.29) is 36.0 Å². The van der Waals surface area contributed by atoms with Crippen LogP contribution in [0, 0.1) is 20.2 Å². The third-order valence-corrected chi connectivity index (χ3v) is 4.14. The van der Waals surface area contributed by atoms with E-state index < -0.39 is 9.85 Å². The molecule has 0 radical (unpaired) electrons. The highest BCUT2D eigenvalue weighted by Gasteiger charge is 2.20. The van der Waals surface area contributed by atoms with Crippen LogP contribution >= 0.6 is 0 Å². The zero-order valence-corrected chi connectivity index (χ0v) is 15.8. The lowest BCUT2D eigenvalue weighted by atomic mass is 10.1. The van der Waals surface area contributed by atoms with Crippen LogP contribution in [-0.4, -0.2) is 9.85 Å². The first kappa shape index (κ1) is 20.5. The molecule has 0 aliphatic heterocycles. The highest BCUT2D eigenvalue weighted by Crippen LogP contribution is 2.36. The van der Waals surface area contributed by atoms with Crippen molar-refractivity contribution in [3.63, 3.8) is 0 Å². The lowest BCUT2D eigenvalue weighted by molar-refractivity contribution is -0.401. The molecule has 8 heteroatoms. The summed E-state index contributed by atoms with van der Waals surface area (Å²) in [5.74, 6) is 0.433. The molecule has 0 aliphatic carbocycles. The van der Waals surface area contributed by atoms with Gasteiger partial charge in [-0.15, -0.1) is 0 Å². The molecule has 0 amide bonds. The van der Waals surface area contributed by atoms with Crippen LogP contribution in [0.1, 0.15) is 16.7 Å². The Labute approximate surface area is 172 Å². The van der Waals surface area contributed by atoms with Gasteiger partial charge in [0.1, 0.15) is 13.2 Å². The lowest BCUT2D eigenvalue weighted by Crippen LogP contribution is -2.03. The molecule has 0 unspecified atom stereocenters. The number of nitrogens with zero attached hydrogens (tertiary/aromatic N) is 2.